The third-order valence-corrected chi connectivity index (χ3v) is 20.5. The van der Waals surface area contributed by atoms with Gasteiger partial charge >= 0.3 is 0 Å². The maximum atomic E-state index is 2.67. The van der Waals surface area contributed by atoms with Crippen molar-refractivity contribution >= 4 is 148 Å². The summed E-state index contributed by atoms with van der Waals surface area (Å²) in [7, 11) is 0. The highest BCUT2D eigenvalue weighted by Gasteiger charge is 2.44. The number of fused-ring (bicyclic) bond motifs is 12. The molecule has 0 radical (unpaired) electrons. The van der Waals surface area contributed by atoms with Gasteiger partial charge in [-0.15, -0.1) is 22.7 Å². The van der Waals surface area contributed by atoms with Gasteiger partial charge in [0.05, 0.1) is 27.1 Å². The number of nitrogens with zero attached hydrogens (tertiary/aromatic N) is 4. The van der Waals surface area contributed by atoms with Crippen LogP contribution in [0.15, 0.2) is 212 Å². The highest BCUT2D eigenvalue weighted by Crippen LogP contribution is 2.52. The molecular weight excluding hydrogens is 1070 g/mol. The summed E-state index contributed by atoms with van der Waals surface area (Å²) < 4.78 is 7.86. The Morgan fingerprint density at radius 1 is 0.329 bits per heavy atom. The standard InChI is InChI=1S/C78H71BN4S2/c1-75(2,3)48-27-35-52(36-28-48)80(53-37-29-49(30-38-53)76(4,5)6)56-43-44-61-64(45-56)82(63-23-18-26-69-70(63)58-19-13-15-24-67(58)84-69)65-46-57(81(54-39-31-50(32-40-54)77(7,8)9)55-41-33-51(34-42-55)78(10,11)12)47-66-71(65)79(61)62-22-17-21-60-72(62)83(66)73-59-20-14-16-25-68(59)85-74(60)73/h13-47H,1-12H3. The molecule has 10 aromatic carbocycles. The average Bonchev–Trinajstić information content (AvgIpc) is 1.71. The fraction of sp³-hybridized carbons (Fsp3) is 0.205. The van der Waals surface area contributed by atoms with Crippen LogP contribution in [0.25, 0.3) is 57.1 Å². The lowest BCUT2D eigenvalue weighted by Gasteiger charge is -2.42. The number of aromatic nitrogens is 1. The Morgan fingerprint density at radius 3 is 1.31 bits per heavy atom. The molecule has 7 heteroatoms. The summed E-state index contributed by atoms with van der Waals surface area (Å²) in [5, 5.41) is 5.12. The zero-order valence-electron chi connectivity index (χ0n) is 50.9. The van der Waals surface area contributed by atoms with E-state index in [4.69, 9.17) is 0 Å². The van der Waals surface area contributed by atoms with Gasteiger partial charge in [0.25, 0.3) is 6.71 Å². The Labute approximate surface area is 509 Å². The van der Waals surface area contributed by atoms with Gasteiger partial charge in [0.2, 0.25) is 0 Å². The van der Waals surface area contributed by atoms with E-state index >= 15 is 0 Å². The summed E-state index contributed by atoms with van der Waals surface area (Å²) in [6.07, 6.45) is 0. The summed E-state index contributed by atoms with van der Waals surface area (Å²) in [6, 6.07) is 81.9. The summed E-state index contributed by atoms with van der Waals surface area (Å²) in [5.74, 6) is 0. The smallest absolute Gasteiger partial charge is 0.252 e. The van der Waals surface area contributed by atoms with E-state index in [-0.39, 0.29) is 28.4 Å². The fourth-order valence-corrected chi connectivity index (χ4v) is 16.0. The van der Waals surface area contributed by atoms with Crippen molar-refractivity contribution in [1.82, 2.24) is 4.57 Å². The lowest BCUT2D eigenvalue weighted by Crippen LogP contribution is -2.60. The molecule has 0 amide bonds. The van der Waals surface area contributed by atoms with E-state index in [0.717, 1.165) is 34.1 Å². The Hall–Kier alpha value is -8.36. The van der Waals surface area contributed by atoms with E-state index < -0.39 is 0 Å². The molecule has 0 N–H and O–H groups in total. The lowest BCUT2D eigenvalue weighted by atomic mass is 9.33. The number of thiophene rings is 2. The molecule has 0 spiro atoms. The van der Waals surface area contributed by atoms with Crippen molar-refractivity contribution in [2.24, 2.45) is 0 Å². The van der Waals surface area contributed by atoms with Crippen LogP contribution in [0.1, 0.15) is 105 Å². The number of hydrogen-bond acceptors (Lipinski definition) is 5. The molecular formula is C78H71BN4S2. The number of para-hydroxylation sites is 1. The van der Waals surface area contributed by atoms with Crippen LogP contribution in [0.2, 0.25) is 0 Å². The van der Waals surface area contributed by atoms with Crippen molar-refractivity contribution in [1.29, 1.82) is 0 Å². The van der Waals surface area contributed by atoms with Crippen LogP contribution in [-0.4, -0.2) is 11.3 Å². The normalized spacial score (nSPS) is 13.4. The van der Waals surface area contributed by atoms with Crippen LogP contribution < -0.4 is 31.1 Å². The summed E-state index contributed by atoms with van der Waals surface area (Å²) >= 11 is 3.81. The number of rotatable bonds is 7. The van der Waals surface area contributed by atoms with Gasteiger partial charge in [-0.3, -0.25) is 0 Å². The summed E-state index contributed by atoms with van der Waals surface area (Å²) in [6.45, 7) is 27.5. The third-order valence-electron chi connectivity index (χ3n) is 18.2. The molecule has 2 aliphatic heterocycles. The molecule has 418 valence electrons. The molecule has 3 aromatic heterocycles. The van der Waals surface area contributed by atoms with Crippen LogP contribution in [0, 0.1) is 0 Å². The number of hydrogen-bond donors (Lipinski definition) is 0. The zero-order valence-corrected chi connectivity index (χ0v) is 52.5. The maximum absolute atomic E-state index is 2.67. The Balaban J connectivity index is 1.07. The van der Waals surface area contributed by atoms with Crippen molar-refractivity contribution in [3.63, 3.8) is 0 Å². The highest BCUT2D eigenvalue weighted by atomic mass is 32.1. The first-order valence-electron chi connectivity index (χ1n) is 30.2. The zero-order chi connectivity index (χ0) is 58.6. The summed E-state index contributed by atoms with van der Waals surface area (Å²) in [4.78, 5) is 7.67. The predicted octanol–water partition coefficient (Wildman–Crippen LogP) is 21.1. The molecule has 0 saturated heterocycles. The molecule has 85 heavy (non-hydrogen) atoms. The van der Waals surface area contributed by atoms with Gasteiger partial charge in [0.1, 0.15) is 0 Å². The molecule has 0 atom stereocenters. The molecule has 15 rings (SSSR count). The summed E-state index contributed by atoms with van der Waals surface area (Å²) in [5.41, 5.74) is 23.1. The van der Waals surface area contributed by atoms with Crippen LogP contribution in [0.3, 0.4) is 0 Å². The van der Waals surface area contributed by atoms with Crippen molar-refractivity contribution in [2.45, 2.75) is 105 Å². The van der Waals surface area contributed by atoms with Gasteiger partial charge in [0, 0.05) is 81.1 Å². The molecule has 5 heterocycles. The van der Waals surface area contributed by atoms with Gasteiger partial charge < -0.3 is 19.3 Å². The molecule has 0 unspecified atom stereocenters. The Kier molecular flexibility index (Phi) is 12.0. The second-order valence-electron chi connectivity index (χ2n) is 27.9. The molecule has 13 aromatic rings. The van der Waals surface area contributed by atoms with Crippen molar-refractivity contribution in [3.05, 3.63) is 235 Å². The Bertz CT molecular complexity index is 4690. The number of anilines is 9. The van der Waals surface area contributed by atoms with Crippen LogP contribution >= 0.6 is 22.7 Å². The fourth-order valence-electron chi connectivity index (χ4n) is 13.7. The molecule has 4 nitrogen and oxygen atoms in total. The van der Waals surface area contributed by atoms with E-state index in [9.17, 15) is 0 Å². The van der Waals surface area contributed by atoms with Gasteiger partial charge in [0.15, 0.2) is 0 Å². The molecule has 0 bridgehead atoms. The van der Waals surface area contributed by atoms with Crippen LogP contribution in [-0.2, 0) is 21.7 Å². The van der Waals surface area contributed by atoms with Crippen molar-refractivity contribution < 1.29 is 0 Å². The second-order valence-corrected chi connectivity index (χ2v) is 30.0. The van der Waals surface area contributed by atoms with Gasteiger partial charge in [-0.25, -0.2) is 0 Å². The van der Waals surface area contributed by atoms with Gasteiger partial charge in [-0.1, -0.05) is 198 Å². The molecule has 0 saturated carbocycles. The van der Waals surface area contributed by atoms with Crippen LogP contribution in [0.5, 0.6) is 0 Å². The Morgan fingerprint density at radius 2 is 0.765 bits per heavy atom. The first-order valence-corrected chi connectivity index (χ1v) is 31.8. The molecule has 0 fully saturated rings. The van der Waals surface area contributed by atoms with E-state index in [2.05, 4.69) is 315 Å². The number of benzene rings is 10. The quantitative estimate of drug-likeness (QED) is 0.148. The van der Waals surface area contributed by atoms with E-state index in [1.54, 1.807) is 0 Å². The van der Waals surface area contributed by atoms with E-state index in [1.807, 2.05) is 22.7 Å². The predicted molar refractivity (Wildman–Crippen MR) is 373 cm³/mol. The third kappa shape index (κ3) is 8.58. The first kappa shape index (κ1) is 53.4. The van der Waals surface area contributed by atoms with E-state index in [1.165, 1.54) is 113 Å². The topological polar surface area (TPSA) is 14.7 Å². The van der Waals surface area contributed by atoms with Crippen molar-refractivity contribution in [2.75, 3.05) is 14.7 Å². The van der Waals surface area contributed by atoms with Crippen LogP contribution in [0.4, 0.5) is 51.2 Å². The minimum absolute atomic E-state index is 0.00818. The molecule has 2 aliphatic rings. The minimum atomic E-state index is -0.0829. The molecule has 0 aliphatic carbocycles. The largest absolute Gasteiger partial charge is 0.311 e. The first-order chi connectivity index (χ1) is 40.7. The minimum Gasteiger partial charge on any atom is -0.311 e. The van der Waals surface area contributed by atoms with E-state index in [0.29, 0.717) is 0 Å². The highest BCUT2D eigenvalue weighted by molar-refractivity contribution is 7.27. The lowest BCUT2D eigenvalue weighted by molar-refractivity contribution is 0.590. The monoisotopic (exact) mass is 1140 g/mol. The second kappa shape index (κ2) is 19.1. The van der Waals surface area contributed by atoms with Gasteiger partial charge in [-0.05, 0) is 157 Å². The van der Waals surface area contributed by atoms with Gasteiger partial charge in [-0.2, -0.15) is 0 Å². The average molecular weight is 1140 g/mol. The van der Waals surface area contributed by atoms with Crippen molar-refractivity contribution in [3.8, 4) is 5.69 Å². The maximum Gasteiger partial charge on any atom is 0.252 e. The SMILES string of the molecule is CC(C)(C)c1ccc(N(c2ccc(C(C)(C)C)cc2)c2ccc3c(c2)N(c2cccc4sc5ccccc5c24)c2cc(N(c4ccc(C(C)(C)C)cc4)c4ccc(C(C)(C)C)cc4)cc4c2B3c2cccc3c5sc6ccccc6c5n-4c23)cc1.